The summed E-state index contributed by atoms with van der Waals surface area (Å²) in [7, 11) is 0. The third kappa shape index (κ3) is 2.96. The quantitative estimate of drug-likeness (QED) is 0.768. The number of aryl methyl sites for hydroxylation is 1. The molecule has 1 aliphatic rings. The van der Waals surface area contributed by atoms with Crippen LogP contribution in [0.3, 0.4) is 0 Å². The molecule has 0 bridgehead atoms. The summed E-state index contributed by atoms with van der Waals surface area (Å²) in [5.41, 5.74) is 3.74. The standard InChI is InChI=1S/C15H20O/c1-12-7-9-13(10-8-12)11-15(16)14-5-3-2-4-6-14/h5,7-10,15-16H,2-4,6,11H2,1H3. The van der Waals surface area contributed by atoms with E-state index in [0.717, 1.165) is 19.3 Å². The van der Waals surface area contributed by atoms with Gasteiger partial charge in [0.15, 0.2) is 0 Å². The van der Waals surface area contributed by atoms with Gasteiger partial charge in [-0.15, -0.1) is 0 Å². The first-order chi connectivity index (χ1) is 7.75. The van der Waals surface area contributed by atoms with Crippen LogP contribution in [0.1, 0.15) is 36.8 Å². The van der Waals surface area contributed by atoms with Gasteiger partial charge in [0.25, 0.3) is 0 Å². The molecule has 1 atom stereocenters. The van der Waals surface area contributed by atoms with E-state index in [0.29, 0.717) is 0 Å². The SMILES string of the molecule is Cc1ccc(CC(O)C2=CCCCC2)cc1. The Balaban J connectivity index is 1.98. The monoisotopic (exact) mass is 216 g/mol. The van der Waals surface area contributed by atoms with Gasteiger partial charge in [0, 0.05) is 6.42 Å². The third-order valence-electron chi connectivity index (χ3n) is 3.30. The smallest absolute Gasteiger partial charge is 0.0790 e. The summed E-state index contributed by atoms with van der Waals surface area (Å²) in [4.78, 5) is 0. The predicted molar refractivity (Wildman–Crippen MR) is 67.4 cm³/mol. The molecule has 1 aromatic carbocycles. The van der Waals surface area contributed by atoms with Gasteiger partial charge in [0.05, 0.1) is 6.10 Å². The number of aliphatic hydroxyl groups excluding tert-OH is 1. The summed E-state index contributed by atoms with van der Waals surface area (Å²) in [6, 6.07) is 8.44. The number of aliphatic hydroxyl groups is 1. The Hall–Kier alpha value is -1.08. The van der Waals surface area contributed by atoms with Gasteiger partial charge in [-0.05, 0) is 43.7 Å². The van der Waals surface area contributed by atoms with E-state index < -0.39 is 0 Å². The first-order valence-corrected chi connectivity index (χ1v) is 6.18. The van der Waals surface area contributed by atoms with Crippen molar-refractivity contribution in [2.24, 2.45) is 0 Å². The molecule has 1 heteroatoms. The van der Waals surface area contributed by atoms with Crippen LogP contribution >= 0.6 is 0 Å². The van der Waals surface area contributed by atoms with Crippen molar-refractivity contribution in [2.45, 2.75) is 45.1 Å². The molecule has 1 aromatic rings. The molecule has 0 amide bonds. The van der Waals surface area contributed by atoms with Gasteiger partial charge in [0.1, 0.15) is 0 Å². The van der Waals surface area contributed by atoms with Crippen LogP contribution in [0.25, 0.3) is 0 Å². The fourth-order valence-corrected chi connectivity index (χ4v) is 2.24. The molecule has 1 nitrogen and oxygen atoms in total. The van der Waals surface area contributed by atoms with Crippen molar-refractivity contribution in [1.29, 1.82) is 0 Å². The van der Waals surface area contributed by atoms with Gasteiger partial charge in [-0.25, -0.2) is 0 Å². The molecule has 0 saturated carbocycles. The zero-order chi connectivity index (χ0) is 11.4. The summed E-state index contributed by atoms with van der Waals surface area (Å²) in [6.07, 6.45) is 7.43. The van der Waals surface area contributed by atoms with E-state index in [1.165, 1.54) is 29.5 Å². The molecule has 1 aliphatic carbocycles. The predicted octanol–water partition coefficient (Wildman–Crippen LogP) is 3.40. The van der Waals surface area contributed by atoms with Gasteiger partial charge in [0.2, 0.25) is 0 Å². The number of hydrogen-bond acceptors (Lipinski definition) is 1. The summed E-state index contributed by atoms with van der Waals surface area (Å²) in [6.45, 7) is 2.09. The lowest BCUT2D eigenvalue weighted by Gasteiger charge is -2.18. The average Bonchev–Trinajstić information content (AvgIpc) is 2.33. The molecule has 0 radical (unpaired) electrons. The zero-order valence-corrected chi connectivity index (χ0v) is 9.95. The van der Waals surface area contributed by atoms with Gasteiger partial charge >= 0.3 is 0 Å². The van der Waals surface area contributed by atoms with Crippen molar-refractivity contribution in [2.75, 3.05) is 0 Å². The van der Waals surface area contributed by atoms with E-state index in [1.807, 2.05) is 0 Å². The molecule has 0 heterocycles. The number of benzene rings is 1. The van der Waals surface area contributed by atoms with E-state index in [1.54, 1.807) is 0 Å². The summed E-state index contributed by atoms with van der Waals surface area (Å²) >= 11 is 0. The van der Waals surface area contributed by atoms with E-state index in [2.05, 4.69) is 37.3 Å². The van der Waals surface area contributed by atoms with E-state index in [9.17, 15) is 5.11 Å². The van der Waals surface area contributed by atoms with Crippen LogP contribution in [0.5, 0.6) is 0 Å². The molecule has 0 aliphatic heterocycles. The van der Waals surface area contributed by atoms with Gasteiger partial charge in [-0.1, -0.05) is 35.9 Å². The minimum Gasteiger partial charge on any atom is -0.388 e. The van der Waals surface area contributed by atoms with Crippen LogP contribution in [0.2, 0.25) is 0 Å². The second-order valence-electron chi connectivity index (χ2n) is 4.73. The van der Waals surface area contributed by atoms with Crippen LogP contribution in [-0.4, -0.2) is 11.2 Å². The zero-order valence-electron chi connectivity index (χ0n) is 9.95. The van der Waals surface area contributed by atoms with Gasteiger partial charge in [-0.2, -0.15) is 0 Å². The first kappa shape index (κ1) is 11.4. The lowest BCUT2D eigenvalue weighted by Crippen LogP contribution is -2.15. The molecule has 1 unspecified atom stereocenters. The second kappa shape index (κ2) is 5.31. The molecule has 16 heavy (non-hydrogen) atoms. The fourth-order valence-electron chi connectivity index (χ4n) is 2.24. The average molecular weight is 216 g/mol. The maximum Gasteiger partial charge on any atom is 0.0790 e. The number of allylic oxidation sites excluding steroid dienone is 1. The molecule has 2 rings (SSSR count). The molecular weight excluding hydrogens is 196 g/mol. The van der Waals surface area contributed by atoms with E-state index in [-0.39, 0.29) is 6.10 Å². The molecule has 0 saturated heterocycles. The molecule has 0 fully saturated rings. The molecule has 0 aromatic heterocycles. The van der Waals surface area contributed by atoms with Crippen molar-refractivity contribution in [1.82, 2.24) is 0 Å². The topological polar surface area (TPSA) is 20.2 Å². The molecule has 1 N–H and O–H groups in total. The maximum absolute atomic E-state index is 10.1. The summed E-state index contributed by atoms with van der Waals surface area (Å²) < 4.78 is 0. The highest BCUT2D eigenvalue weighted by atomic mass is 16.3. The largest absolute Gasteiger partial charge is 0.388 e. The van der Waals surface area contributed by atoms with Crippen LogP contribution in [0, 0.1) is 6.92 Å². The van der Waals surface area contributed by atoms with Crippen molar-refractivity contribution in [3.05, 3.63) is 47.0 Å². The normalized spacial score (nSPS) is 18.0. The Morgan fingerprint density at radius 2 is 1.94 bits per heavy atom. The first-order valence-electron chi connectivity index (χ1n) is 6.18. The highest BCUT2D eigenvalue weighted by Gasteiger charge is 2.13. The number of hydrogen-bond donors (Lipinski definition) is 1. The van der Waals surface area contributed by atoms with Crippen LogP contribution in [0.15, 0.2) is 35.9 Å². The fraction of sp³-hybridized carbons (Fsp3) is 0.467. The van der Waals surface area contributed by atoms with Gasteiger partial charge in [-0.3, -0.25) is 0 Å². The van der Waals surface area contributed by atoms with Crippen molar-refractivity contribution < 1.29 is 5.11 Å². The lowest BCUT2D eigenvalue weighted by atomic mass is 9.92. The van der Waals surface area contributed by atoms with Crippen LogP contribution in [0.4, 0.5) is 0 Å². The Morgan fingerprint density at radius 1 is 1.19 bits per heavy atom. The lowest BCUT2D eigenvalue weighted by molar-refractivity contribution is 0.204. The van der Waals surface area contributed by atoms with E-state index >= 15 is 0 Å². The minimum atomic E-state index is -0.275. The second-order valence-corrected chi connectivity index (χ2v) is 4.73. The summed E-state index contributed by atoms with van der Waals surface area (Å²) in [5, 5.41) is 10.1. The summed E-state index contributed by atoms with van der Waals surface area (Å²) in [5.74, 6) is 0. The van der Waals surface area contributed by atoms with Crippen molar-refractivity contribution in [3.63, 3.8) is 0 Å². The minimum absolute atomic E-state index is 0.275. The molecule has 86 valence electrons. The Labute approximate surface area is 97.8 Å². The third-order valence-corrected chi connectivity index (χ3v) is 3.30. The Bertz CT molecular complexity index is 362. The van der Waals surface area contributed by atoms with Crippen LogP contribution in [-0.2, 0) is 6.42 Å². The Morgan fingerprint density at radius 3 is 2.56 bits per heavy atom. The van der Waals surface area contributed by atoms with Gasteiger partial charge < -0.3 is 5.11 Å². The number of rotatable bonds is 3. The highest BCUT2D eigenvalue weighted by Crippen LogP contribution is 2.22. The van der Waals surface area contributed by atoms with Crippen molar-refractivity contribution in [3.8, 4) is 0 Å². The van der Waals surface area contributed by atoms with E-state index in [4.69, 9.17) is 0 Å². The van der Waals surface area contributed by atoms with Crippen molar-refractivity contribution >= 4 is 0 Å². The maximum atomic E-state index is 10.1. The van der Waals surface area contributed by atoms with Crippen LogP contribution < -0.4 is 0 Å². The molecular formula is C15H20O. The Kier molecular flexibility index (Phi) is 3.79. The highest BCUT2D eigenvalue weighted by molar-refractivity contribution is 5.24. The molecule has 0 spiro atoms.